The number of nitrogens with one attached hydrogen (secondary N) is 1. The summed E-state index contributed by atoms with van der Waals surface area (Å²) in [7, 11) is 1.70. The lowest BCUT2D eigenvalue weighted by Gasteiger charge is -2.37. The van der Waals surface area contributed by atoms with Gasteiger partial charge in [-0.2, -0.15) is 0 Å². The van der Waals surface area contributed by atoms with Crippen molar-refractivity contribution in [3.05, 3.63) is 66.7 Å². The molecule has 0 radical (unpaired) electrons. The van der Waals surface area contributed by atoms with E-state index in [1.807, 2.05) is 12.1 Å². The van der Waals surface area contributed by atoms with Gasteiger partial charge in [-0.1, -0.05) is 42.5 Å². The van der Waals surface area contributed by atoms with Gasteiger partial charge in [-0.15, -0.1) is 0 Å². The molecule has 1 heterocycles. The Labute approximate surface area is 165 Å². The smallest absolute Gasteiger partial charge is 0.173 e. The Balaban J connectivity index is 1.41. The minimum Gasteiger partial charge on any atom is -0.497 e. The van der Waals surface area contributed by atoms with E-state index in [1.165, 1.54) is 16.5 Å². The van der Waals surface area contributed by atoms with Crippen LogP contribution in [0.4, 0.5) is 11.4 Å². The maximum absolute atomic E-state index is 5.69. The number of nitrogens with zero attached hydrogens (tertiary/aromatic N) is 2. The molecule has 3 aromatic rings. The van der Waals surface area contributed by atoms with Gasteiger partial charge in [0, 0.05) is 49.0 Å². The Kier molecular flexibility index (Phi) is 5.12. The van der Waals surface area contributed by atoms with Gasteiger partial charge in [0.25, 0.3) is 0 Å². The summed E-state index contributed by atoms with van der Waals surface area (Å²) in [5, 5.41) is 6.64. The molecule has 4 nitrogen and oxygen atoms in total. The zero-order chi connectivity index (χ0) is 18.6. The largest absolute Gasteiger partial charge is 0.497 e. The number of fused-ring (bicyclic) bond motifs is 1. The maximum atomic E-state index is 5.69. The van der Waals surface area contributed by atoms with Gasteiger partial charge < -0.3 is 19.9 Å². The van der Waals surface area contributed by atoms with Gasteiger partial charge in [-0.05, 0) is 35.8 Å². The number of ether oxygens (including phenoxy) is 1. The number of methoxy groups -OCH3 is 1. The number of hydrogen-bond donors (Lipinski definition) is 1. The predicted octanol–water partition coefficient (Wildman–Crippen LogP) is 4.37. The molecule has 0 bridgehead atoms. The molecule has 1 saturated heterocycles. The van der Waals surface area contributed by atoms with Gasteiger partial charge in [0.05, 0.1) is 7.11 Å². The third-order valence-electron chi connectivity index (χ3n) is 5.02. The zero-order valence-corrected chi connectivity index (χ0v) is 16.2. The third-order valence-corrected chi connectivity index (χ3v) is 5.38. The molecule has 5 heteroatoms. The molecule has 1 aliphatic rings. The minimum atomic E-state index is 0.789. The molecule has 138 valence electrons. The molecule has 0 aliphatic carbocycles. The summed E-state index contributed by atoms with van der Waals surface area (Å²) in [4.78, 5) is 4.62. The first-order valence-electron chi connectivity index (χ1n) is 9.17. The van der Waals surface area contributed by atoms with Gasteiger partial charge in [0.1, 0.15) is 5.75 Å². The van der Waals surface area contributed by atoms with Crippen molar-refractivity contribution >= 4 is 39.5 Å². The van der Waals surface area contributed by atoms with Crippen molar-refractivity contribution in [2.75, 3.05) is 43.5 Å². The van der Waals surface area contributed by atoms with E-state index in [2.05, 4.69) is 69.7 Å². The lowest BCUT2D eigenvalue weighted by Crippen LogP contribution is -2.50. The van der Waals surface area contributed by atoms with Crippen LogP contribution in [0, 0.1) is 0 Å². The molecule has 27 heavy (non-hydrogen) atoms. The Bertz CT molecular complexity index is 946. The number of hydrogen-bond acceptors (Lipinski definition) is 3. The van der Waals surface area contributed by atoms with Crippen LogP contribution in [0.1, 0.15) is 0 Å². The molecule has 3 aromatic carbocycles. The van der Waals surface area contributed by atoms with Gasteiger partial charge in [-0.25, -0.2) is 0 Å². The molecule has 0 spiro atoms. The lowest BCUT2D eigenvalue weighted by atomic mass is 10.1. The van der Waals surface area contributed by atoms with Crippen molar-refractivity contribution in [3.63, 3.8) is 0 Å². The zero-order valence-electron chi connectivity index (χ0n) is 15.4. The van der Waals surface area contributed by atoms with Crippen LogP contribution in [0.3, 0.4) is 0 Å². The quantitative estimate of drug-likeness (QED) is 0.685. The van der Waals surface area contributed by atoms with Crippen molar-refractivity contribution in [2.45, 2.75) is 0 Å². The van der Waals surface area contributed by atoms with Crippen LogP contribution in [-0.4, -0.2) is 43.3 Å². The number of anilines is 2. The monoisotopic (exact) mass is 377 g/mol. The molecular weight excluding hydrogens is 354 g/mol. The van der Waals surface area contributed by atoms with E-state index in [0.717, 1.165) is 42.7 Å². The fraction of sp³-hybridized carbons (Fsp3) is 0.227. The van der Waals surface area contributed by atoms with E-state index in [-0.39, 0.29) is 0 Å². The molecule has 1 fully saturated rings. The average Bonchev–Trinajstić information content (AvgIpc) is 2.74. The van der Waals surface area contributed by atoms with Crippen LogP contribution in [0.15, 0.2) is 66.7 Å². The van der Waals surface area contributed by atoms with E-state index < -0.39 is 0 Å². The molecule has 0 amide bonds. The summed E-state index contributed by atoms with van der Waals surface area (Å²) >= 11 is 5.69. The van der Waals surface area contributed by atoms with Gasteiger partial charge >= 0.3 is 0 Å². The molecule has 1 aliphatic heterocycles. The summed E-state index contributed by atoms with van der Waals surface area (Å²) in [5.74, 6) is 0.892. The highest BCUT2D eigenvalue weighted by Gasteiger charge is 2.20. The third kappa shape index (κ3) is 3.83. The van der Waals surface area contributed by atoms with E-state index in [4.69, 9.17) is 17.0 Å². The second kappa shape index (κ2) is 7.84. The molecule has 0 unspecified atom stereocenters. The fourth-order valence-corrected chi connectivity index (χ4v) is 3.80. The van der Waals surface area contributed by atoms with Crippen molar-refractivity contribution in [3.8, 4) is 5.75 Å². The second-order valence-corrected chi connectivity index (χ2v) is 7.02. The normalized spacial score (nSPS) is 14.3. The van der Waals surface area contributed by atoms with E-state index in [0.29, 0.717) is 0 Å². The summed E-state index contributed by atoms with van der Waals surface area (Å²) in [5.41, 5.74) is 2.26. The summed E-state index contributed by atoms with van der Waals surface area (Å²) in [6.07, 6.45) is 0. The first-order chi connectivity index (χ1) is 13.2. The van der Waals surface area contributed by atoms with Crippen LogP contribution in [-0.2, 0) is 0 Å². The standard InChI is InChI=1S/C22H23N3OS/c1-26-19-9-5-8-18(16-19)24-12-14-25(15-13-24)22(27)23-21-11-4-7-17-6-2-3-10-20(17)21/h2-11,16H,12-15H2,1H3,(H,23,27). The van der Waals surface area contributed by atoms with Crippen molar-refractivity contribution in [1.29, 1.82) is 0 Å². The first kappa shape index (κ1) is 17.6. The Hall–Kier alpha value is -2.79. The van der Waals surface area contributed by atoms with Crippen LogP contribution < -0.4 is 15.0 Å². The Morgan fingerprint density at radius 3 is 2.48 bits per heavy atom. The molecule has 0 atom stereocenters. The van der Waals surface area contributed by atoms with E-state index >= 15 is 0 Å². The first-order valence-corrected chi connectivity index (χ1v) is 9.58. The number of piperazine rings is 1. The van der Waals surface area contributed by atoms with Crippen LogP contribution in [0.2, 0.25) is 0 Å². The number of benzene rings is 3. The summed E-state index contributed by atoms with van der Waals surface area (Å²) < 4.78 is 5.34. The highest BCUT2D eigenvalue weighted by atomic mass is 32.1. The maximum Gasteiger partial charge on any atom is 0.173 e. The molecule has 4 rings (SSSR count). The number of thiocarbonyl (C=S) groups is 1. The SMILES string of the molecule is COc1cccc(N2CCN(C(=S)Nc3cccc4ccccc34)CC2)c1. The highest BCUT2D eigenvalue weighted by molar-refractivity contribution is 7.80. The summed E-state index contributed by atoms with van der Waals surface area (Å²) in [6.45, 7) is 3.66. The molecule has 0 saturated carbocycles. The van der Waals surface area contributed by atoms with Crippen LogP contribution >= 0.6 is 12.2 Å². The van der Waals surface area contributed by atoms with Gasteiger partial charge in [0.15, 0.2) is 5.11 Å². The van der Waals surface area contributed by atoms with Crippen LogP contribution in [0.25, 0.3) is 10.8 Å². The highest BCUT2D eigenvalue weighted by Crippen LogP contribution is 2.25. The Morgan fingerprint density at radius 2 is 1.67 bits per heavy atom. The predicted molar refractivity (Wildman–Crippen MR) is 117 cm³/mol. The van der Waals surface area contributed by atoms with Crippen LogP contribution in [0.5, 0.6) is 5.75 Å². The molecule has 0 aromatic heterocycles. The van der Waals surface area contributed by atoms with Crippen molar-refractivity contribution in [1.82, 2.24) is 4.90 Å². The number of rotatable bonds is 3. The fourth-order valence-electron chi connectivity index (χ4n) is 3.50. The van der Waals surface area contributed by atoms with Gasteiger partial charge in [-0.3, -0.25) is 0 Å². The molecule has 1 N–H and O–H groups in total. The lowest BCUT2D eigenvalue weighted by molar-refractivity contribution is 0.389. The summed E-state index contributed by atoms with van der Waals surface area (Å²) in [6, 6.07) is 22.9. The topological polar surface area (TPSA) is 27.7 Å². The molecular formula is C22H23N3OS. The van der Waals surface area contributed by atoms with Gasteiger partial charge in [0.2, 0.25) is 0 Å². The van der Waals surface area contributed by atoms with Crippen molar-refractivity contribution < 1.29 is 4.74 Å². The van der Waals surface area contributed by atoms with E-state index in [9.17, 15) is 0 Å². The van der Waals surface area contributed by atoms with Crippen molar-refractivity contribution in [2.24, 2.45) is 0 Å². The average molecular weight is 378 g/mol. The second-order valence-electron chi connectivity index (χ2n) is 6.63. The Morgan fingerprint density at radius 1 is 0.926 bits per heavy atom. The minimum absolute atomic E-state index is 0.789. The van der Waals surface area contributed by atoms with E-state index in [1.54, 1.807) is 7.11 Å².